The summed E-state index contributed by atoms with van der Waals surface area (Å²) in [6.45, 7) is 5.74. The lowest BCUT2D eigenvalue weighted by Crippen LogP contribution is -2.39. The predicted octanol–water partition coefficient (Wildman–Crippen LogP) is 6.12. The number of esters is 1. The number of hydrogen-bond acceptors (Lipinski definition) is 7. The molecule has 8 nitrogen and oxygen atoms in total. The maximum Gasteiger partial charge on any atom is 0.434 e. The van der Waals surface area contributed by atoms with Gasteiger partial charge in [0.2, 0.25) is 0 Å². The minimum Gasteiger partial charge on any atom is -0.465 e. The second-order valence-electron chi connectivity index (χ2n) is 8.90. The fraction of sp³-hybridized carbons (Fsp3) is 0.214. The highest BCUT2D eigenvalue weighted by molar-refractivity contribution is 7.93. The van der Waals surface area contributed by atoms with Crippen molar-refractivity contribution in [2.45, 2.75) is 32.1 Å². The smallest absolute Gasteiger partial charge is 0.434 e. The Bertz CT molecular complexity index is 1540. The molecule has 9 heteroatoms. The van der Waals surface area contributed by atoms with E-state index in [2.05, 4.69) is 13.8 Å². The topological polar surface area (TPSA) is 103 Å². The van der Waals surface area contributed by atoms with Crippen LogP contribution in [0.1, 0.15) is 35.5 Å². The molecule has 0 N–H and O–H groups in total. The molecule has 0 saturated carbocycles. The minimum atomic E-state index is -4.41. The maximum absolute atomic E-state index is 13.8. The summed E-state index contributed by atoms with van der Waals surface area (Å²) in [6.07, 6.45) is -0.343. The lowest BCUT2D eigenvalue weighted by molar-refractivity contribution is 0.0600. The predicted molar refractivity (Wildman–Crippen MR) is 139 cm³/mol. The van der Waals surface area contributed by atoms with E-state index in [1.165, 1.54) is 37.4 Å². The number of benzene rings is 3. The zero-order valence-corrected chi connectivity index (χ0v) is 21.7. The molecule has 3 aromatic carbocycles. The second kappa shape index (κ2) is 10.5. The van der Waals surface area contributed by atoms with E-state index in [0.29, 0.717) is 27.0 Å². The zero-order chi connectivity index (χ0) is 26.7. The number of amides is 1. The molecule has 0 atom stereocenters. The van der Waals surface area contributed by atoms with Crippen molar-refractivity contribution in [2.75, 3.05) is 11.4 Å². The van der Waals surface area contributed by atoms with Gasteiger partial charge in [0.1, 0.15) is 22.7 Å². The largest absolute Gasteiger partial charge is 0.465 e. The van der Waals surface area contributed by atoms with E-state index in [1.807, 2.05) is 0 Å². The van der Waals surface area contributed by atoms with E-state index in [1.54, 1.807) is 49.4 Å². The molecule has 1 amide bonds. The highest BCUT2D eigenvalue weighted by Gasteiger charge is 2.34. The molecule has 0 unspecified atom stereocenters. The average molecular weight is 522 g/mol. The van der Waals surface area contributed by atoms with Crippen LogP contribution in [0.5, 0.6) is 5.75 Å². The number of carbonyl (C=O) groups is 2. The Kier molecular flexibility index (Phi) is 7.35. The second-order valence-corrected chi connectivity index (χ2v) is 10.7. The van der Waals surface area contributed by atoms with Crippen LogP contribution in [0.15, 0.2) is 82.1 Å². The van der Waals surface area contributed by atoms with Gasteiger partial charge in [-0.3, -0.25) is 0 Å². The van der Waals surface area contributed by atoms with E-state index < -0.39 is 22.1 Å². The third-order valence-corrected chi connectivity index (χ3v) is 7.40. The number of fused-ring (bicyclic) bond motifs is 1. The summed E-state index contributed by atoms with van der Waals surface area (Å²) in [7, 11) is -3.17. The molecule has 1 aromatic heterocycles. The number of furan rings is 1. The number of carbonyl (C=O) groups excluding carboxylic acids is 2. The maximum atomic E-state index is 13.8. The van der Waals surface area contributed by atoms with Crippen LogP contribution in [0.2, 0.25) is 0 Å². The first-order valence-electron chi connectivity index (χ1n) is 11.6. The first-order valence-corrected chi connectivity index (χ1v) is 13.1. The molecule has 0 bridgehead atoms. The van der Waals surface area contributed by atoms with Gasteiger partial charge in [-0.2, -0.15) is 4.31 Å². The Morgan fingerprint density at radius 1 is 0.973 bits per heavy atom. The SMILES string of the molecule is COC(=O)c1c(C)oc2ccc(N(C(=O)Oc3ccccc3)S(=O)(=O)c3ccc(CC(C)C)cc3)cc12. The first-order chi connectivity index (χ1) is 17.6. The van der Waals surface area contributed by atoms with Crippen molar-refractivity contribution in [3.8, 4) is 5.75 Å². The Balaban J connectivity index is 1.84. The van der Waals surface area contributed by atoms with Crippen LogP contribution in [0, 0.1) is 12.8 Å². The molecular formula is C28H27NO7S. The lowest BCUT2D eigenvalue weighted by Gasteiger charge is -2.22. The summed E-state index contributed by atoms with van der Waals surface area (Å²) in [4.78, 5) is 25.7. The molecule has 0 aliphatic rings. The molecule has 0 fully saturated rings. The summed E-state index contributed by atoms with van der Waals surface area (Å²) < 4.78 is 44.2. The third-order valence-electron chi connectivity index (χ3n) is 5.69. The molecular weight excluding hydrogens is 494 g/mol. The van der Waals surface area contributed by atoms with Gasteiger partial charge in [-0.15, -0.1) is 0 Å². The van der Waals surface area contributed by atoms with E-state index in [-0.39, 0.29) is 21.9 Å². The normalized spacial score (nSPS) is 11.5. The van der Waals surface area contributed by atoms with Gasteiger partial charge in [-0.05, 0) is 67.3 Å². The Morgan fingerprint density at radius 2 is 1.65 bits per heavy atom. The van der Waals surface area contributed by atoms with Crippen LogP contribution >= 0.6 is 0 Å². The van der Waals surface area contributed by atoms with Gasteiger partial charge in [0.25, 0.3) is 10.0 Å². The van der Waals surface area contributed by atoms with Crippen LogP contribution in [-0.2, 0) is 21.2 Å². The Hall–Kier alpha value is -4.11. The number of nitrogens with zero attached hydrogens (tertiary/aromatic N) is 1. The van der Waals surface area contributed by atoms with Gasteiger partial charge in [-0.1, -0.05) is 44.2 Å². The summed E-state index contributed by atoms with van der Waals surface area (Å²) in [5.74, 6) is 0.237. The number of aryl methyl sites for hydroxylation is 1. The highest BCUT2D eigenvalue weighted by atomic mass is 32.2. The van der Waals surface area contributed by atoms with Crippen LogP contribution in [0.25, 0.3) is 11.0 Å². The monoisotopic (exact) mass is 521 g/mol. The van der Waals surface area contributed by atoms with Crippen molar-refractivity contribution in [3.05, 3.63) is 89.7 Å². The zero-order valence-electron chi connectivity index (χ0n) is 20.9. The number of hydrogen-bond donors (Lipinski definition) is 0. The average Bonchev–Trinajstić information content (AvgIpc) is 3.19. The van der Waals surface area contributed by atoms with Crippen LogP contribution in [0.4, 0.5) is 10.5 Å². The van der Waals surface area contributed by atoms with Gasteiger partial charge < -0.3 is 13.9 Å². The van der Waals surface area contributed by atoms with Crippen molar-refractivity contribution in [3.63, 3.8) is 0 Å². The molecule has 4 rings (SSSR count). The molecule has 0 aliphatic heterocycles. The van der Waals surface area contributed by atoms with E-state index in [4.69, 9.17) is 13.9 Å². The lowest BCUT2D eigenvalue weighted by atomic mass is 10.0. The number of para-hydroxylation sites is 1. The fourth-order valence-corrected chi connectivity index (χ4v) is 5.35. The van der Waals surface area contributed by atoms with Crippen molar-refractivity contribution in [2.24, 2.45) is 5.92 Å². The minimum absolute atomic E-state index is 0.0226. The van der Waals surface area contributed by atoms with E-state index in [0.717, 1.165) is 12.0 Å². The van der Waals surface area contributed by atoms with Crippen molar-refractivity contribution >= 4 is 38.7 Å². The van der Waals surface area contributed by atoms with Crippen LogP contribution in [-0.4, -0.2) is 27.6 Å². The number of sulfonamides is 1. The Labute approximate surface area is 215 Å². The van der Waals surface area contributed by atoms with Crippen molar-refractivity contribution in [1.82, 2.24) is 0 Å². The molecule has 0 saturated heterocycles. The highest BCUT2D eigenvalue weighted by Crippen LogP contribution is 2.33. The summed E-state index contributed by atoms with van der Waals surface area (Å²) >= 11 is 0. The van der Waals surface area contributed by atoms with Crippen LogP contribution in [0.3, 0.4) is 0 Å². The molecule has 1 heterocycles. The fourth-order valence-electron chi connectivity index (χ4n) is 4.04. The quantitative estimate of drug-likeness (QED) is 0.270. The van der Waals surface area contributed by atoms with E-state index in [9.17, 15) is 18.0 Å². The standard InChI is InChI=1S/C28H27NO7S/c1-18(2)16-20-10-13-23(14-11-20)37(32,33)29(28(31)36-22-8-6-5-7-9-22)21-12-15-25-24(17-21)26(19(3)35-25)27(30)34-4/h5-15,17-18H,16H2,1-4H3. The molecule has 4 aromatic rings. The summed E-state index contributed by atoms with van der Waals surface area (Å²) in [5.41, 5.74) is 1.44. The third kappa shape index (κ3) is 5.36. The molecule has 37 heavy (non-hydrogen) atoms. The first kappa shape index (κ1) is 26.0. The molecule has 0 radical (unpaired) electrons. The van der Waals surface area contributed by atoms with Gasteiger partial charge in [0.05, 0.1) is 17.7 Å². The summed E-state index contributed by atoms with van der Waals surface area (Å²) in [5, 5.41) is 0.307. The van der Waals surface area contributed by atoms with E-state index >= 15 is 0 Å². The number of rotatable bonds is 7. The number of anilines is 1. The molecule has 0 aliphatic carbocycles. The molecule has 192 valence electrons. The van der Waals surface area contributed by atoms with Gasteiger partial charge in [-0.25, -0.2) is 18.0 Å². The Morgan fingerprint density at radius 3 is 2.27 bits per heavy atom. The number of ether oxygens (including phenoxy) is 2. The van der Waals surface area contributed by atoms with Crippen molar-refractivity contribution < 1.29 is 31.9 Å². The van der Waals surface area contributed by atoms with Crippen LogP contribution < -0.4 is 9.04 Å². The summed E-state index contributed by atoms with van der Waals surface area (Å²) in [6, 6.07) is 18.9. The number of methoxy groups -OCH3 is 1. The van der Waals surface area contributed by atoms with Crippen molar-refractivity contribution in [1.29, 1.82) is 0 Å². The molecule has 0 spiro atoms. The van der Waals surface area contributed by atoms with Gasteiger partial charge in [0, 0.05) is 5.39 Å². The van der Waals surface area contributed by atoms with Gasteiger partial charge in [0.15, 0.2) is 0 Å². The van der Waals surface area contributed by atoms with Gasteiger partial charge >= 0.3 is 12.1 Å².